The van der Waals surface area contributed by atoms with Crippen molar-refractivity contribution in [2.24, 2.45) is 5.92 Å². The smallest absolute Gasteiger partial charge is 0.119 e. The molecule has 1 aliphatic carbocycles. The van der Waals surface area contributed by atoms with Crippen LogP contribution in [-0.4, -0.2) is 49.1 Å². The Morgan fingerprint density at radius 3 is 2.12 bits per heavy atom. The number of benzene rings is 2. The monoisotopic (exact) mass is 350 g/mol. The maximum Gasteiger partial charge on any atom is 0.119 e. The molecule has 1 saturated heterocycles. The zero-order valence-electron chi connectivity index (χ0n) is 15.6. The molecule has 1 unspecified atom stereocenters. The van der Waals surface area contributed by atoms with Crippen LogP contribution in [0.3, 0.4) is 0 Å². The van der Waals surface area contributed by atoms with Crippen LogP contribution in [-0.2, 0) is 0 Å². The summed E-state index contributed by atoms with van der Waals surface area (Å²) < 4.78 is 6.14. The number of hydrogen-bond donors (Lipinski definition) is 0. The second-order valence-electron chi connectivity index (χ2n) is 7.68. The van der Waals surface area contributed by atoms with E-state index in [9.17, 15) is 0 Å². The first-order chi connectivity index (χ1) is 12.9. The first kappa shape index (κ1) is 17.6. The summed E-state index contributed by atoms with van der Waals surface area (Å²) in [5, 5.41) is 0. The molecule has 0 aromatic heterocycles. The van der Waals surface area contributed by atoms with E-state index in [-0.39, 0.29) is 0 Å². The molecule has 0 spiro atoms. The van der Waals surface area contributed by atoms with Gasteiger partial charge in [-0.3, -0.25) is 4.90 Å². The summed E-state index contributed by atoms with van der Waals surface area (Å²) in [5.41, 5.74) is 1.36. The van der Waals surface area contributed by atoms with Gasteiger partial charge in [-0.2, -0.15) is 0 Å². The molecular weight excluding hydrogens is 320 g/mol. The van der Waals surface area contributed by atoms with Crippen LogP contribution in [0.4, 0.5) is 0 Å². The van der Waals surface area contributed by atoms with Gasteiger partial charge in [-0.25, -0.2) is 0 Å². The van der Waals surface area contributed by atoms with E-state index in [1.165, 1.54) is 44.5 Å². The summed E-state index contributed by atoms with van der Waals surface area (Å²) >= 11 is 0. The molecule has 2 aromatic carbocycles. The number of nitrogens with zero attached hydrogens (tertiary/aromatic N) is 2. The van der Waals surface area contributed by atoms with Crippen molar-refractivity contribution in [3.63, 3.8) is 0 Å². The van der Waals surface area contributed by atoms with Crippen molar-refractivity contribution in [1.82, 2.24) is 9.80 Å². The lowest BCUT2D eigenvalue weighted by Gasteiger charge is -2.41. The van der Waals surface area contributed by atoms with Gasteiger partial charge in [0.2, 0.25) is 0 Å². The molecule has 0 bridgehead atoms. The number of hydrogen-bond acceptors (Lipinski definition) is 3. The number of para-hydroxylation sites is 1. The second kappa shape index (κ2) is 8.70. The first-order valence-corrected chi connectivity index (χ1v) is 10.1. The largest absolute Gasteiger partial charge is 0.492 e. The summed E-state index contributed by atoms with van der Waals surface area (Å²) in [6, 6.07) is 21.3. The van der Waals surface area contributed by atoms with Gasteiger partial charge < -0.3 is 9.64 Å². The molecule has 3 heteroatoms. The molecule has 1 atom stereocenters. The van der Waals surface area contributed by atoms with Gasteiger partial charge >= 0.3 is 0 Å². The fraction of sp³-hybridized carbons (Fsp3) is 0.478. The topological polar surface area (TPSA) is 15.7 Å². The first-order valence-electron chi connectivity index (χ1n) is 10.1. The van der Waals surface area contributed by atoms with E-state index in [1.54, 1.807) is 0 Å². The summed E-state index contributed by atoms with van der Waals surface area (Å²) in [7, 11) is 0. The highest BCUT2D eigenvalue weighted by molar-refractivity contribution is 5.23. The van der Waals surface area contributed by atoms with Crippen molar-refractivity contribution in [1.29, 1.82) is 0 Å². The SMILES string of the molecule is c1ccc(OCC(c2ccccc2)N2CCN(CC3CCC3)CC2)cc1. The Balaban J connectivity index is 1.38. The second-order valence-corrected chi connectivity index (χ2v) is 7.68. The van der Waals surface area contributed by atoms with Crippen LogP contribution in [0.15, 0.2) is 60.7 Å². The molecule has 0 amide bonds. The lowest BCUT2D eigenvalue weighted by Crippen LogP contribution is -2.50. The van der Waals surface area contributed by atoms with Crippen LogP contribution >= 0.6 is 0 Å². The summed E-state index contributed by atoms with van der Waals surface area (Å²) in [4.78, 5) is 5.27. The molecule has 2 fully saturated rings. The van der Waals surface area contributed by atoms with Gasteiger partial charge in [-0.15, -0.1) is 0 Å². The highest BCUT2D eigenvalue weighted by Gasteiger charge is 2.28. The molecule has 0 radical (unpaired) electrons. The van der Waals surface area contributed by atoms with Crippen LogP contribution in [0.1, 0.15) is 30.9 Å². The van der Waals surface area contributed by atoms with Gasteiger partial charge in [0.05, 0.1) is 6.04 Å². The van der Waals surface area contributed by atoms with Crippen LogP contribution in [0, 0.1) is 5.92 Å². The Morgan fingerprint density at radius 1 is 0.846 bits per heavy atom. The van der Waals surface area contributed by atoms with Crippen LogP contribution < -0.4 is 4.74 Å². The lowest BCUT2D eigenvalue weighted by molar-refractivity contribution is 0.0564. The third-order valence-electron chi connectivity index (χ3n) is 5.92. The Kier molecular flexibility index (Phi) is 5.88. The Labute approximate surface area is 157 Å². The molecule has 2 aliphatic rings. The predicted molar refractivity (Wildman–Crippen MR) is 106 cm³/mol. The maximum absolute atomic E-state index is 6.14. The molecule has 0 N–H and O–H groups in total. The molecule has 1 aliphatic heterocycles. The number of ether oxygens (including phenoxy) is 1. The quantitative estimate of drug-likeness (QED) is 0.743. The maximum atomic E-state index is 6.14. The molecule has 1 saturated carbocycles. The average Bonchev–Trinajstić information content (AvgIpc) is 2.68. The van der Waals surface area contributed by atoms with Crippen molar-refractivity contribution in [2.75, 3.05) is 39.3 Å². The average molecular weight is 351 g/mol. The van der Waals surface area contributed by atoms with Gasteiger partial charge in [0.15, 0.2) is 0 Å². The minimum Gasteiger partial charge on any atom is -0.492 e. The van der Waals surface area contributed by atoms with Crippen molar-refractivity contribution < 1.29 is 4.74 Å². The molecule has 138 valence electrons. The fourth-order valence-electron chi connectivity index (χ4n) is 4.08. The predicted octanol–water partition coefficient (Wildman–Crippen LogP) is 4.22. The standard InChI is InChI=1S/C23H30N2O/c1-3-10-21(11-4-1)23(19-26-22-12-5-2-6-13-22)25-16-14-24(15-17-25)18-20-8-7-9-20/h1-6,10-13,20,23H,7-9,14-19H2. The summed E-state index contributed by atoms with van der Waals surface area (Å²) in [6.07, 6.45) is 4.33. The van der Waals surface area contributed by atoms with Gasteiger partial charge in [0.1, 0.15) is 12.4 Å². The number of piperazine rings is 1. The van der Waals surface area contributed by atoms with Gasteiger partial charge in [-0.1, -0.05) is 55.0 Å². The van der Waals surface area contributed by atoms with E-state index in [4.69, 9.17) is 4.74 Å². The van der Waals surface area contributed by atoms with Crippen molar-refractivity contribution in [3.8, 4) is 5.75 Å². The fourth-order valence-corrected chi connectivity index (χ4v) is 4.08. The minimum absolute atomic E-state index is 0.322. The highest BCUT2D eigenvalue weighted by Crippen LogP contribution is 2.28. The van der Waals surface area contributed by atoms with Gasteiger partial charge in [0.25, 0.3) is 0 Å². The van der Waals surface area contributed by atoms with Crippen molar-refractivity contribution in [3.05, 3.63) is 66.2 Å². The number of rotatable bonds is 7. The normalized spacial score (nSPS) is 20.5. The zero-order valence-corrected chi connectivity index (χ0v) is 15.6. The Bertz CT molecular complexity index is 648. The lowest BCUT2D eigenvalue weighted by atomic mass is 9.85. The zero-order chi connectivity index (χ0) is 17.6. The van der Waals surface area contributed by atoms with Gasteiger partial charge in [-0.05, 0) is 36.5 Å². The van der Waals surface area contributed by atoms with E-state index < -0.39 is 0 Å². The third-order valence-corrected chi connectivity index (χ3v) is 5.92. The van der Waals surface area contributed by atoms with Crippen LogP contribution in [0.25, 0.3) is 0 Å². The van der Waals surface area contributed by atoms with E-state index in [0.717, 1.165) is 24.8 Å². The van der Waals surface area contributed by atoms with Crippen LogP contribution in [0.5, 0.6) is 5.75 Å². The van der Waals surface area contributed by atoms with Crippen LogP contribution in [0.2, 0.25) is 0 Å². The van der Waals surface area contributed by atoms with E-state index in [0.29, 0.717) is 12.6 Å². The molecule has 2 aromatic rings. The molecule has 3 nitrogen and oxygen atoms in total. The molecular formula is C23H30N2O. The molecule has 4 rings (SSSR count). The van der Waals surface area contributed by atoms with E-state index in [2.05, 4.69) is 40.1 Å². The summed E-state index contributed by atoms with van der Waals surface area (Å²) in [5.74, 6) is 1.92. The van der Waals surface area contributed by atoms with E-state index in [1.807, 2.05) is 30.3 Å². The van der Waals surface area contributed by atoms with Crippen molar-refractivity contribution >= 4 is 0 Å². The van der Waals surface area contributed by atoms with Gasteiger partial charge in [0, 0.05) is 32.7 Å². The third kappa shape index (κ3) is 4.46. The molecule has 1 heterocycles. The Morgan fingerprint density at radius 2 is 1.50 bits per heavy atom. The minimum atomic E-state index is 0.322. The van der Waals surface area contributed by atoms with E-state index >= 15 is 0 Å². The molecule has 26 heavy (non-hydrogen) atoms. The van der Waals surface area contributed by atoms with Crippen molar-refractivity contribution in [2.45, 2.75) is 25.3 Å². The highest BCUT2D eigenvalue weighted by atomic mass is 16.5. The summed E-state index contributed by atoms with van der Waals surface area (Å²) in [6.45, 7) is 6.65. The Hall–Kier alpha value is -1.84.